The van der Waals surface area contributed by atoms with Crippen LogP contribution in [0, 0.1) is 10.1 Å². The van der Waals surface area contributed by atoms with Gasteiger partial charge in [0.2, 0.25) is 0 Å². The standard InChI is InChI=1S/C18H23NO11S/c1-17(2)26-13-12(25-16-15(14(13)27-17)28-18(3,4)29-16)9-24-31(22,23)30-11-7-5-6-10(8-11)19(20)21/h5-8,12-16H,9H2,1-4H3/t12?,13-,14-,15?,16+/m0/s1. The van der Waals surface area contributed by atoms with Crippen molar-refractivity contribution in [2.45, 2.75) is 70.0 Å². The maximum atomic E-state index is 12.3. The molecule has 0 amide bonds. The molecule has 3 aliphatic rings. The molecule has 3 heterocycles. The van der Waals surface area contributed by atoms with Gasteiger partial charge in [0.05, 0.1) is 17.6 Å². The van der Waals surface area contributed by atoms with Crippen molar-refractivity contribution in [3.8, 4) is 5.75 Å². The Balaban J connectivity index is 1.46. The Hall–Kier alpha value is -1.87. The molecule has 31 heavy (non-hydrogen) atoms. The SMILES string of the molecule is CC1(C)OC2[C@H](OC(COS(=O)(=O)Oc3cccc([N+](=O)[O-])c3)[C@@H]3OC(C)(C)O[C@H]23)O1. The maximum Gasteiger partial charge on any atom is 0.449 e. The van der Waals surface area contributed by atoms with Gasteiger partial charge in [0, 0.05) is 6.07 Å². The molecule has 0 aromatic heterocycles. The molecule has 0 aliphatic carbocycles. The highest BCUT2D eigenvalue weighted by Gasteiger charge is 2.60. The summed E-state index contributed by atoms with van der Waals surface area (Å²) in [5.41, 5.74) is -0.322. The van der Waals surface area contributed by atoms with Crippen molar-refractivity contribution >= 4 is 16.1 Å². The number of rotatable bonds is 6. The highest BCUT2D eigenvalue weighted by molar-refractivity contribution is 7.82. The fourth-order valence-electron chi connectivity index (χ4n) is 3.77. The molecule has 3 fully saturated rings. The smallest absolute Gasteiger partial charge is 0.361 e. The van der Waals surface area contributed by atoms with Crippen molar-refractivity contribution in [2.75, 3.05) is 6.61 Å². The quantitative estimate of drug-likeness (QED) is 0.450. The molecule has 2 unspecified atom stereocenters. The predicted molar refractivity (Wildman–Crippen MR) is 101 cm³/mol. The maximum absolute atomic E-state index is 12.3. The van der Waals surface area contributed by atoms with Gasteiger partial charge in [-0.15, -0.1) is 0 Å². The highest BCUT2D eigenvalue weighted by atomic mass is 32.3. The molecule has 12 nitrogen and oxygen atoms in total. The summed E-state index contributed by atoms with van der Waals surface area (Å²) >= 11 is 0. The van der Waals surface area contributed by atoms with Gasteiger partial charge in [-0.3, -0.25) is 10.1 Å². The van der Waals surface area contributed by atoms with E-state index in [1.807, 2.05) is 0 Å². The van der Waals surface area contributed by atoms with Gasteiger partial charge in [0.15, 0.2) is 23.6 Å². The number of hydrogen-bond acceptors (Lipinski definition) is 11. The minimum atomic E-state index is -4.55. The zero-order valence-corrected chi connectivity index (χ0v) is 18.1. The Labute approximate surface area is 178 Å². The van der Waals surface area contributed by atoms with Gasteiger partial charge in [0.25, 0.3) is 5.69 Å². The van der Waals surface area contributed by atoms with E-state index in [1.54, 1.807) is 27.7 Å². The lowest BCUT2D eigenvalue weighted by Crippen LogP contribution is -2.56. The number of fused-ring (bicyclic) bond motifs is 3. The zero-order valence-electron chi connectivity index (χ0n) is 17.2. The lowest BCUT2D eigenvalue weighted by atomic mass is 9.99. The molecule has 0 N–H and O–H groups in total. The summed E-state index contributed by atoms with van der Waals surface area (Å²) in [5, 5.41) is 10.9. The van der Waals surface area contributed by atoms with Gasteiger partial charge in [-0.25, -0.2) is 4.18 Å². The van der Waals surface area contributed by atoms with Crippen LogP contribution < -0.4 is 4.18 Å². The summed E-state index contributed by atoms with van der Waals surface area (Å²) in [4.78, 5) is 10.2. The molecule has 4 rings (SSSR count). The summed E-state index contributed by atoms with van der Waals surface area (Å²) < 4.78 is 63.7. The number of non-ortho nitro benzene ring substituents is 1. The normalized spacial score (nSPS) is 33.5. The van der Waals surface area contributed by atoms with Gasteiger partial charge in [-0.05, 0) is 33.8 Å². The highest BCUT2D eigenvalue weighted by Crippen LogP contribution is 2.44. The molecule has 13 heteroatoms. The molecule has 0 bridgehead atoms. The van der Waals surface area contributed by atoms with Crippen LogP contribution in [0.3, 0.4) is 0 Å². The second-order valence-corrected chi connectivity index (χ2v) is 9.46. The number of benzene rings is 1. The van der Waals surface area contributed by atoms with Gasteiger partial charge >= 0.3 is 10.4 Å². The van der Waals surface area contributed by atoms with Crippen LogP contribution in [0.25, 0.3) is 0 Å². The third kappa shape index (κ3) is 4.82. The van der Waals surface area contributed by atoms with Gasteiger partial charge in [-0.2, -0.15) is 8.42 Å². The van der Waals surface area contributed by atoms with E-state index in [0.29, 0.717) is 0 Å². The number of ether oxygens (including phenoxy) is 5. The van der Waals surface area contributed by atoms with Crippen LogP contribution in [0.1, 0.15) is 27.7 Å². The van der Waals surface area contributed by atoms with E-state index in [2.05, 4.69) is 0 Å². The summed E-state index contributed by atoms with van der Waals surface area (Å²) in [6, 6.07) is 4.73. The Kier molecular flexibility index (Phi) is 5.49. The fourth-order valence-corrected chi connectivity index (χ4v) is 4.46. The largest absolute Gasteiger partial charge is 0.449 e. The molecule has 0 radical (unpaired) electrons. The Morgan fingerprint density at radius 2 is 1.68 bits per heavy atom. The van der Waals surface area contributed by atoms with E-state index in [9.17, 15) is 18.5 Å². The number of nitrogens with zero attached hydrogens (tertiary/aromatic N) is 1. The lowest BCUT2D eigenvalue weighted by Gasteiger charge is -2.36. The first-order chi connectivity index (χ1) is 14.3. The van der Waals surface area contributed by atoms with Crippen molar-refractivity contribution in [3.05, 3.63) is 34.4 Å². The third-order valence-electron chi connectivity index (χ3n) is 4.85. The minimum Gasteiger partial charge on any atom is -0.361 e. The zero-order chi connectivity index (χ0) is 22.6. The van der Waals surface area contributed by atoms with E-state index in [-0.39, 0.29) is 11.4 Å². The van der Waals surface area contributed by atoms with Crippen molar-refractivity contribution < 1.29 is 45.4 Å². The molecule has 1 aromatic carbocycles. The summed E-state index contributed by atoms with van der Waals surface area (Å²) in [5.74, 6) is -2.11. The van der Waals surface area contributed by atoms with Crippen LogP contribution in [0.4, 0.5) is 5.69 Å². The van der Waals surface area contributed by atoms with Gasteiger partial charge in [-0.1, -0.05) is 6.07 Å². The summed E-state index contributed by atoms with van der Waals surface area (Å²) in [6.07, 6.45) is -3.47. The van der Waals surface area contributed by atoms with Crippen molar-refractivity contribution in [1.82, 2.24) is 0 Å². The van der Waals surface area contributed by atoms with E-state index < -0.39 is 64.2 Å². The molecule has 1 aromatic rings. The van der Waals surface area contributed by atoms with Crippen molar-refractivity contribution in [2.24, 2.45) is 0 Å². The third-order valence-corrected chi connectivity index (χ3v) is 5.68. The molecule has 0 saturated carbocycles. The monoisotopic (exact) mass is 461 g/mol. The predicted octanol–water partition coefficient (Wildman–Crippen LogP) is 1.63. The van der Waals surface area contributed by atoms with Crippen LogP contribution in [0.2, 0.25) is 0 Å². The fraction of sp³-hybridized carbons (Fsp3) is 0.667. The number of nitro groups is 1. The van der Waals surface area contributed by atoms with Crippen LogP contribution in [0.5, 0.6) is 5.75 Å². The molecule has 0 spiro atoms. The van der Waals surface area contributed by atoms with Crippen LogP contribution in [-0.4, -0.2) is 62.2 Å². The molecule has 3 aliphatic heterocycles. The van der Waals surface area contributed by atoms with Gasteiger partial charge in [0.1, 0.15) is 24.4 Å². The Bertz CT molecular complexity index is 963. The first kappa shape index (κ1) is 22.3. The van der Waals surface area contributed by atoms with Crippen molar-refractivity contribution in [3.63, 3.8) is 0 Å². The second-order valence-electron chi connectivity index (χ2n) is 8.24. The Morgan fingerprint density at radius 1 is 1.03 bits per heavy atom. The van der Waals surface area contributed by atoms with Crippen LogP contribution in [-0.2, 0) is 38.3 Å². The topological polar surface area (TPSA) is 142 Å². The molecular formula is C18H23NO11S. The van der Waals surface area contributed by atoms with Crippen molar-refractivity contribution in [1.29, 1.82) is 0 Å². The summed E-state index contributed by atoms with van der Waals surface area (Å²) in [7, 11) is -4.55. The lowest BCUT2D eigenvalue weighted by molar-refractivity contribution is -0.384. The minimum absolute atomic E-state index is 0.257. The van der Waals surface area contributed by atoms with Gasteiger partial charge < -0.3 is 27.9 Å². The first-order valence-corrected chi connectivity index (χ1v) is 10.9. The van der Waals surface area contributed by atoms with E-state index in [0.717, 1.165) is 6.07 Å². The van der Waals surface area contributed by atoms with E-state index >= 15 is 0 Å². The number of hydrogen-bond donors (Lipinski definition) is 0. The molecule has 172 valence electrons. The second kappa shape index (κ2) is 7.62. The summed E-state index contributed by atoms with van der Waals surface area (Å²) in [6.45, 7) is 6.45. The molecular weight excluding hydrogens is 438 g/mol. The van der Waals surface area contributed by atoms with E-state index in [1.165, 1.54) is 18.2 Å². The average Bonchev–Trinajstić information content (AvgIpc) is 3.13. The Morgan fingerprint density at radius 3 is 2.39 bits per heavy atom. The van der Waals surface area contributed by atoms with E-state index in [4.69, 9.17) is 32.1 Å². The van der Waals surface area contributed by atoms with Crippen LogP contribution in [0.15, 0.2) is 24.3 Å². The molecule has 3 saturated heterocycles. The first-order valence-electron chi connectivity index (χ1n) is 9.54. The number of nitro benzene ring substituents is 1. The van der Waals surface area contributed by atoms with Crippen LogP contribution >= 0.6 is 0 Å². The average molecular weight is 461 g/mol. The molecule has 5 atom stereocenters.